The smallest absolute Gasteiger partial charge is 0.247 e. The Morgan fingerprint density at radius 2 is 2.12 bits per heavy atom. The van der Waals surface area contributed by atoms with Gasteiger partial charge in [-0.2, -0.15) is 0 Å². The fourth-order valence-electron chi connectivity index (χ4n) is 1.59. The number of nitrogens with zero attached hydrogens (tertiary/aromatic N) is 1. The van der Waals surface area contributed by atoms with Crippen molar-refractivity contribution in [1.82, 2.24) is 0 Å². The first kappa shape index (κ1) is 13.7. The van der Waals surface area contributed by atoms with Gasteiger partial charge < -0.3 is 15.4 Å². The van der Waals surface area contributed by atoms with E-state index in [9.17, 15) is 13.6 Å². The summed E-state index contributed by atoms with van der Waals surface area (Å²) in [6.07, 6.45) is 0. The lowest BCUT2D eigenvalue weighted by Crippen LogP contribution is -2.43. The Bertz CT molecular complexity index is 456. The van der Waals surface area contributed by atoms with Crippen molar-refractivity contribution in [3.05, 3.63) is 23.8 Å². The average Bonchev–Trinajstić information content (AvgIpc) is 2.31. The van der Waals surface area contributed by atoms with Crippen molar-refractivity contribution < 1.29 is 18.3 Å². The van der Waals surface area contributed by atoms with E-state index in [1.165, 1.54) is 7.05 Å². The van der Waals surface area contributed by atoms with Crippen molar-refractivity contribution in [3.63, 3.8) is 0 Å². The molecule has 17 heavy (non-hydrogen) atoms. The number of hydrogen-bond donors (Lipinski definition) is 1. The lowest BCUT2D eigenvalue weighted by Gasteiger charge is -2.18. The van der Waals surface area contributed by atoms with Crippen LogP contribution >= 0.6 is 12.4 Å². The second-order valence-corrected chi connectivity index (χ2v) is 3.55. The molecule has 0 spiro atoms. The Hall–Kier alpha value is -1.40. The molecule has 0 unspecified atom stereocenters. The number of ether oxygens (including phenoxy) is 1. The van der Waals surface area contributed by atoms with E-state index in [0.717, 1.165) is 11.0 Å². The first-order valence-corrected chi connectivity index (χ1v) is 4.65. The minimum absolute atomic E-state index is 0. The van der Waals surface area contributed by atoms with Crippen LogP contribution in [-0.2, 0) is 4.79 Å². The second-order valence-electron chi connectivity index (χ2n) is 3.55. The van der Waals surface area contributed by atoms with Crippen molar-refractivity contribution in [1.29, 1.82) is 0 Å². The Morgan fingerprint density at radius 1 is 1.47 bits per heavy atom. The molecule has 0 aliphatic carbocycles. The molecule has 0 saturated heterocycles. The molecule has 2 rings (SSSR count). The van der Waals surface area contributed by atoms with Gasteiger partial charge in [-0.1, -0.05) is 0 Å². The van der Waals surface area contributed by atoms with Gasteiger partial charge in [-0.05, 0) is 0 Å². The zero-order valence-electron chi connectivity index (χ0n) is 8.94. The Balaban J connectivity index is 0.00000144. The molecule has 7 heteroatoms. The third-order valence-electron chi connectivity index (χ3n) is 2.39. The van der Waals surface area contributed by atoms with Crippen molar-refractivity contribution in [2.24, 2.45) is 5.73 Å². The van der Waals surface area contributed by atoms with E-state index in [2.05, 4.69) is 0 Å². The minimum Gasteiger partial charge on any atom is -0.489 e. The minimum atomic E-state index is -0.875. The summed E-state index contributed by atoms with van der Waals surface area (Å²) in [5, 5.41) is 0. The normalized spacial score (nSPS) is 18.9. The van der Waals surface area contributed by atoms with Crippen LogP contribution in [0.3, 0.4) is 0 Å². The van der Waals surface area contributed by atoms with E-state index >= 15 is 0 Å². The zero-order chi connectivity index (χ0) is 11.9. The molecule has 1 aliphatic heterocycles. The van der Waals surface area contributed by atoms with Gasteiger partial charge in [-0.15, -0.1) is 12.4 Å². The van der Waals surface area contributed by atoms with E-state index in [1.54, 1.807) is 0 Å². The van der Waals surface area contributed by atoms with E-state index < -0.39 is 23.6 Å². The lowest BCUT2D eigenvalue weighted by molar-refractivity contribution is -0.119. The molecule has 1 aromatic carbocycles. The third-order valence-corrected chi connectivity index (χ3v) is 2.39. The highest BCUT2D eigenvalue weighted by molar-refractivity contribution is 5.98. The van der Waals surface area contributed by atoms with Crippen LogP contribution in [-0.4, -0.2) is 25.6 Å². The number of benzene rings is 1. The maximum Gasteiger partial charge on any atom is 0.247 e. The molecule has 1 aromatic rings. The number of halogens is 3. The summed E-state index contributed by atoms with van der Waals surface area (Å²) in [6.45, 7) is -0.0981. The largest absolute Gasteiger partial charge is 0.489 e. The molecule has 1 atom stereocenters. The van der Waals surface area contributed by atoms with Gasteiger partial charge in [0.15, 0.2) is 5.82 Å². The Kier molecular flexibility index (Phi) is 3.90. The van der Waals surface area contributed by atoms with Crippen molar-refractivity contribution in [3.8, 4) is 5.75 Å². The van der Waals surface area contributed by atoms with Crippen molar-refractivity contribution >= 4 is 24.0 Å². The Morgan fingerprint density at radius 3 is 2.76 bits per heavy atom. The second kappa shape index (κ2) is 4.85. The maximum absolute atomic E-state index is 13.5. The van der Waals surface area contributed by atoms with Gasteiger partial charge in [-0.25, -0.2) is 8.78 Å². The standard InChI is InChI=1S/C10H10F2N2O2.ClH/c1-14-9-6(12)2-5(11)3-8(9)16-4-7(13)10(14)15;/h2-3,7H,4,13H2,1H3;1H/t7-;/m0./s1. The summed E-state index contributed by atoms with van der Waals surface area (Å²) in [7, 11) is 1.37. The number of likely N-dealkylation sites (N-methyl/N-ethyl adjacent to an activating group) is 1. The first-order chi connectivity index (χ1) is 7.50. The van der Waals surface area contributed by atoms with E-state index in [4.69, 9.17) is 10.5 Å². The Labute approximate surface area is 103 Å². The molecule has 1 amide bonds. The van der Waals surface area contributed by atoms with Crippen LogP contribution in [0.25, 0.3) is 0 Å². The lowest BCUT2D eigenvalue weighted by atomic mass is 10.2. The molecule has 0 bridgehead atoms. The van der Waals surface area contributed by atoms with E-state index in [0.29, 0.717) is 6.07 Å². The highest BCUT2D eigenvalue weighted by Gasteiger charge is 2.29. The number of rotatable bonds is 0. The highest BCUT2D eigenvalue weighted by atomic mass is 35.5. The maximum atomic E-state index is 13.5. The molecule has 1 heterocycles. The van der Waals surface area contributed by atoms with Crippen LogP contribution in [0.5, 0.6) is 5.75 Å². The van der Waals surface area contributed by atoms with Crippen molar-refractivity contribution in [2.45, 2.75) is 6.04 Å². The quantitative estimate of drug-likeness (QED) is 0.763. The van der Waals surface area contributed by atoms with Crippen molar-refractivity contribution in [2.75, 3.05) is 18.6 Å². The van der Waals surface area contributed by atoms with Crippen LogP contribution in [0.1, 0.15) is 0 Å². The predicted octanol–water partition coefficient (Wildman–Crippen LogP) is 1.07. The highest BCUT2D eigenvalue weighted by Crippen LogP contribution is 2.33. The SMILES string of the molecule is CN1C(=O)[C@@H](N)COc2cc(F)cc(F)c21.Cl. The summed E-state index contributed by atoms with van der Waals surface area (Å²) in [5.41, 5.74) is 5.42. The number of amides is 1. The number of hydrogen-bond acceptors (Lipinski definition) is 3. The molecule has 2 N–H and O–H groups in total. The molecule has 0 saturated carbocycles. The van der Waals surface area contributed by atoms with E-state index in [-0.39, 0.29) is 30.5 Å². The summed E-state index contributed by atoms with van der Waals surface area (Å²) >= 11 is 0. The van der Waals surface area contributed by atoms with Crippen LogP contribution in [0.2, 0.25) is 0 Å². The van der Waals surface area contributed by atoms with Gasteiger partial charge in [0.2, 0.25) is 5.91 Å². The topological polar surface area (TPSA) is 55.6 Å². The van der Waals surface area contributed by atoms with Gasteiger partial charge >= 0.3 is 0 Å². The van der Waals surface area contributed by atoms with Gasteiger partial charge in [0.05, 0.1) is 0 Å². The fraction of sp³-hybridized carbons (Fsp3) is 0.300. The number of fused-ring (bicyclic) bond motifs is 1. The number of anilines is 1. The predicted molar refractivity (Wildman–Crippen MR) is 60.5 cm³/mol. The number of carbonyl (C=O) groups is 1. The van der Waals surface area contributed by atoms with Gasteiger partial charge in [0.25, 0.3) is 0 Å². The summed E-state index contributed by atoms with van der Waals surface area (Å²) in [6, 6.07) is 0.850. The van der Waals surface area contributed by atoms with Crippen LogP contribution in [0, 0.1) is 11.6 Å². The number of nitrogens with two attached hydrogens (primary N) is 1. The van der Waals surface area contributed by atoms with Crippen LogP contribution in [0.4, 0.5) is 14.5 Å². The molecule has 0 radical (unpaired) electrons. The van der Waals surface area contributed by atoms with Gasteiger partial charge in [-0.3, -0.25) is 4.79 Å². The molecule has 0 aromatic heterocycles. The molecular weight excluding hydrogens is 254 g/mol. The zero-order valence-corrected chi connectivity index (χ0v) is 9.76. The third kappa shape index (κ3) is 2.32. The summed E-state index contributed by atoms with van der Waals surface area (Å²) in [4.78, 5) is 12.6. The van der Waals surface area contributed by atoms with Crippen LogP contribution in [0.15, 0.2) is 12.1 Å². The molecular formula is C10H11ClF2N2O2. The first-order valence-electron chi connectivity index (χ1n) is 4.65. The number of carbonyl (C=O) groups excluding carboxylic acids is 1. The van der Waals surface area contributed by atoms with Gasteiger partial charge in [0, 0.05) is 19.2 Å². The van der Waals surface area contributed by atoms with Crippen LogP contribution < -0.4 is 15.4 Å². The summed E-state index contributed by atoms with van der Waals surface area (Å²) < 4.78 is 31.6. The molecule has 4 nitrogen and oxygen atoms in total. The molecule has 94 valence electrons. The molecule has 0 fully saturated rings. The summed E-state index contributed by atoms with van der Waals surface area (Å²) in [5.74, 6) is -2.09. The van der Waals surface area contributed by atoms with E-state index in [1.807, 2.05) is 0 Å². The average molecular weight is 265 g/mol. The monoisotopic (exact) mass is 264 g/mol. The van der Waals surface area contributed by atoms with Gasteiger partial charge in [0.1, 0.15) is 29.9 Å². The molecule has 1 aliphatic rings. The fourth-order valence-corrected chi connectivity index (χ4v) is 1.59.